The Balaban J connectivity index is 1.89. The van der Waals surface area contributed by atoms with Gasteiger partial charge in [0.05, 0.1) is 5.75 Å². The average molecular weight is 248 g/mol. The van der Waals surface area contributed by atoms with Crippen molar-refractivity contribution >= 4 is 17.5 Å². The molecule has 1 fully saturated rings. The SMILES string of the molecule is CCc1cccc(C(=O)CSC2CCCC2)c1. The zero-order valence-electron chi connectivity index (χ0n) is 10.4. The van der Waals surface area contributed by atoms with Crippen molar-refractivity contribution in [2.75, 3.05) is 5.75 Å². The molecule has 17 heavy (non-hydrogen) atoms. The van der Waals surface area contributed by atoms with Crippen molar-refractivity contribution in [2.45, 2.75) is 44.3 Å². The second-order valence-corrected chi connectivity index (χ2v) is 5.98. The lowest BCUT2D eigenvalue weighted by Crippen LogP contribution is -2.06. The fraction of sp³-hybridized carbons (Fsp3) is 0.533. The van der Waals surface area contributed by atoms with Crippen LogP contribution in [-0.4, -0.2) is 16.8 Å². The van der Waals surface area contributed by atoms with E-state index in [1.54, 1.807) is 0 Å². The summed E-state index contributed by atoms with van der Waals surface area (Å²) in [5.41, 5.74) is 2.14. The molecule has 1 aliphatic rings. The number of Topliss-reactive ketones (excluding diaryl/α,β-unsaturated/α-hetero) is 1. The van der Waals surface area contributed by atoms with E-state index in [0.717, 1.165) is 17.2 Å². The molecule has 0 aliphatic heterocycles. The number of benzene rings is 1. The number of hydrogen-bond acceptors (Lipinski definition) is 2. The molecule has 0 heterocycles. The number of carbonyl (C=O) groups excluding carboxylic acids is 1. The summed E-state index contributed by atoms with van der Waals surface area (Å²) in [4.78, 5) is 12.0. The zero-order chi connectivity index (χ0) is 12.1. The summed E-state index contributed by atoms with van der Waals surface area (Å²) in [5.74, 6) is 0.940. The van der Waals surface area contributed by atoms with Crippen LogP contribution in [0.5, 0.6) is 0 Å². The van der Waals surface area contributed by atoms with E-state index in [1.807, 2.05) is 30.0 Å². The minimum atomic E-state index is 0.289. The fourth-order valence-corrected chi connectivity index (χ4v) is 3.52. The fourth-order valence-electron chi connectivity index (χ4n) is 2.30. The van der Waals surface area contributed by atoms with E-state index in [2.05, 4.69) is 13.0 Å². The molecule has 1 aliphatic carbocycles. The lowest BCUT2D eigenvalue weighted by atomic mass is 10.1. The number of aryl methyl sites for hydroxylation is 1. The third kappa shape index (κ3) is 3.60. The molecule has 0 amide bonds. The third-order valence-electron chi connectivity index (χ3n) is 3.41. The Morgan fingerprint density at radius 1 is 1.35 bits per heavy atom. The quantitative estimate of drug-likeness (QED) is 0.729. The van der Waals surface area contributed by atoms with Gasteiger partial charge in [0.25, 0.3) is 0 Å². The predicted octanol–water partition coefficient (Wildman–Crippen LogP) is 4.11. The third-order valence-corrected chi connectivity index (χ3v) is 4.78. The van der Waals surface area contributed by atoms with Crippen molar-refractivity contribution in [2.24, 2.45) is 0 Å². The maximum Gasteiger partial charge on any atom is 0.172 e. The minimum absolute atomic E-state index is 0.289. The Morgan fingerprint density at radius 3 is 2.82 bits per heavy atom. The van der Waals surface area contributed by atoms with E-state index in [-0.39, 0.29) is 5.78 Å². The first-order chi connectivity index (χ1) is 8.29. The summed E-state index contributed by atoms with van der Waals surface area (Å²) in [5, 5.41) is 0.730. The highest BCUT2D eigenvalue weighted by Crippen LogP contribution is 2.29. The summed E-state index contributed by atoms with van der Waals surface area (Å²) >= 11 is 1.85. The highest BCUT2D eigenvalue weighted by molar-refractivity contribution is 8.00. The number of rotatable bonds is 5. The molecule has 0 unspecified atom stereocenters. The van der Waals surface area contributed by atoms with Crippen molar-refractivity contribution in [3.63, 3.8) is 0 Å². The first kappa shape index (κ1) is 12.7. The van der Waals surface area contributed by atoms with Crippen LogP contribution in [0.4, 0.5) is 0 Å². The van der Waals surface area contributed by atoms with E-state index in [0.29, 0.717) is 5.75 Å². The number of hydrogen-bond donors (Lipinski definition) is 0. The Morgan fingerprint density at radius 2 is 2.12 bits per heavy atom. The number of thioether (sulfide) groups is 1. The van der Waals surface area contributed by atoms with Crippen LogP contribution >= 0.6 is 11.8 Å². The normalized spacial score (nSPS) is 16.3. The standard InChI is InChI=1S/C15H20OS/c1-2-12-6-5-7-13(10-12)15(16)11-17-14-8-3-4-9-14/h5-7,10,14H,2-4,8-9,11H2,1H3. The number of carbonyl (C=O) groups is 1. The van der Waals surface area contributed by atoms with Gasteiger partial charge in [-0.1, -0.05) is 38.0 Å². The summed E-state index contributed by atoms with van der Waals surface area (Å²) < 4.78 is 0. The lowest BCUT2D eigenvalue weighted by molar-refractivity contribution is 0.102. The van der Waals surface area contributed by atoms with Crippen LogP contribution in [0, 0.1) is 0 Å². The van der Waals surface area contributed by atoms with Crippen molar-refractivity contribution in [1.29, 1.82) is 0 Å². The molecule has 1 aromatic carbocycles. The molecule has 0 bridgehead atoms. The zero-order valence-corrected chi connectivity index (χ0v) is 11.3. The average Bonchev–Trinajstić information content (AvgIpc) is 2.89. The first-order valence-corrected chi connectivity index (χ1v) is 7.58. The van der Waals surface area contributed by atoms with Gasteiger partial charge in [0, 0.05) is 10.8 Å². The van der Waals surface area contributed by atoms with Crippen molar-refractivity contribution in [3.8, 4) is 0 Å². The van der Waals surface area contributed by atoms with Crippen molar-refractivity contribution in [1.82, 2.24) is 0 Å². The van der Waals surface area contributed by atoms with Crippen LogP contribution in [0.1, 0.15) is 48.5 Å². The van der Waals surface area contributed by atoms with Gasteiger partial charge in [-0.25, -0.2) is 0 Å². The van der Waals surface area contributed by atoms with Gasteiger partial charge in [0.15, 0.2) is 5.78 Å². The molecule has 0 radical (unpaired) electrons. The van der Waals surface area contributed by atoms with E-state index in [4.69, 9.17) is 0 Å². The van der Waals surface area contributed by atoms with Crippen LogP contribution in [0.3, 0.4) is 0 Å². The van der Waals surface area contributed by atoms with Crippen LogP contribution in [-0.2, 0) is 6.42 Å². The van der Waals surface area contributed by atoms with Gasteiger partial charge in [-0.3, -0.25) is 4.79 Å². The molecule has 0 N–H and O–H groups in total. The van der Waals surface area contributed by atoms with Gasteiger partial charge in [-0.15, -0.1) is 0 Å². The maximum atomic E-state index is 12.0. The van der Waals surface area contributed by atoms with Gasteiger partial charge in [-0.05, 0) is 30.9 Å². The highest BCUT2D eigenvalue weighted by Gasteiger charge is 2.17. The summed E-state index contributed by atoms with van der Waals surface area (Å²) in [7, 11) is 0. The molecule has 0 saturated heterocycles. The molecule has 1 nitrogen and oxygen atoms in total. The van der Waals surface area contributed by atoms with Crippen molar-refractivity contribution in [3.05, 3.63) is 35.4 Å². The predicted molar refractivity (Wildman–Crippen MR) is 74.9 cm³/mol. The maximum absolute atomic E-state index is 12.0. The highest BCUT2D eigenvalue weighted by atomic mass is 32.2. The Hall–Kier alpha value is -0.760. The molecule has 1 aromatic rings. The Labute approximate surface area is 108 Å². The Kier molecular flexibility index (Phi) is 4.66. The molecule has 2 heteroatoms. The molecular weight excluding hydrogens is 228 g/mol. The van der Waals surface area contributed by atoms with E-state index < -0.39 is 0 Å². The van der Waals surface area contributed by atoms with E-state index in [9.17, 15) is 4.79 Å². The van der Waals surface area contributed by atoms with Crippen LogP contribution in [0.2, 0.25) is 0 Å². The molecule has 92 valence electrons. The Bertz CT molecular complexity index is 380. The second-order valence-electron chi connectivity index (χ2n) is 4.69. The molecule has 0 atom stereocenters. The largest absolute Gasteiger partial charge is 0.293 e. The van der Waals surface area contributed by atoms with E-state index >= 15 is 0 Å². The minimum Gasteiger partial charge on any atom is -0.293 e. The van der Waals surface area contributed by atoms with Crippen LogP contribution in [0.15, 0.2) is 24.3 Å². The molecule has 1 saturated carbocycles. The molecule has 0 aromatic heterocycles. The smallest absolute Gasteiger partial charge is 0.172 e. The lowest BCUT2D eigenvalue weighted by Gasteiger charge is -2.08. The molecule has 0 spiro atoms. The van der Waals surface area contributed by atoms with Crippen molar-refractivity contribution < 1.29 is 4.79 Å². The molecule has 2 rings (SSSR count). The van der Waals surface area contributed by atoms with Gasteiger partial charge in [0.2, 0.25) is 0 Å². The van der Waals surface area contributed by atoms with E-state index in [1.165, 1.54) is 31.2 Å². The van der Waals surface area contributed by atoms with Gasteiger partial charge in [0.1, 0.15) is 0 Å². The van der Waals surface area contributed by atoms with Crippen LogP contribution < -0.4 is 0 Å². The first-order valence-electron chi connectivity index (χ1n) is 6.53. The van der Waals surface area contributed by atoms with Gasteiger partial charge in [-0.2, -0.15) is 11.8 Å². The summed E-state index contributed by atoms with van der Waals surface area (Å²) in [6, 6.07) is 8.06. The monoisotopic (exact) mass is 248 g/mol. The summed E-state index contributed by atoms with van der Waals surface area (Å²) in [6.45, 7) is 2.12. The second kappa shape index (κ2) is 6.25. The van der Waals surface area contributed by atoms with Gasteiger partial charge >= 0.3 is 0 Å². The molecular formula is C15H20OS. The summed E-state index contributed by atoms with van der Waals surface area (Å²) in [6.07, 6.45) is 6.28. The van der Waals surface area contributed by atoms with Gasteiger partial charge < -0.3 is 0 Å². The van der Waals surface area contributed by atoms with Crippen LogP contribution in [0.25, 0.3) is 0 Å². The number of ketones is 1. The topological polar surface area (TPSA) is 17.1 Å².